The zero-order valence-corrected chi connectivity index (χ0v) is 19.6. The summed E-state index contributed by atoms with van der Waals surface area (Å²) >= 11 is 0. The summed E-state index contributed by atoms with van der Waals surface area (Å²) < 4.78 is 75.3. The molecule has 6 nitrogen and oxygen atoms in total. The second-order valence-corrected chi connectivity index (χ2v) is 5.00. The van der Waals surface area contributed by atoms with Crippen molar-refractivity contribution in [2.75, 3.05) is 0 Å². The Kier molecular flexibility index (Phi) is 15.5. The molecular weight excluding hydrogens is 716 g/mol. The molecule has 0 atom stereocenters. The molecule has 0 bridgehead atoms. The van der Waals surface area contributed by atoms with Crippen molar-refractivity contribution in [3.63, 3.8) is 0 Å². The normalized spacial score (nSPS) is 11.9. The predicted molar refractivity (Wildman–Crippen MR) is 85.1 cm³/mol. The van der Waals surface area contributed by atoms with Gasteiger partial charge in [-0.1, -0.05) is 0 Å². The van der Waals surface area contributed by atoms with Gasteiger partial charge in [0.1, 0.15) is 0 Å². The molecule has 2 aromatic rings. The molecule has 2 radical (unpaired) electrons. The van der Waals surface area contributed by atoms with Crippen LogP contribution in [0.3, 0.4) is 0 Å². The quantitative estimate of drug-likeness (QED) is 0.205. The number of hydrogen-bond donors (Lipinski definition) is 2. The van der Waals surface area contributed by atoms with E-state index in [0.29, 0.717) is 0 Å². The van der Waals surface area contributed by atoms with Crippen molar-refractivity contribution in [1.29, 1.82) is 0 Å². The van der Waals surface area contributed by atoms with Gasteiger partial charge in [0.2, 0.25) is 17.3 Å². The number of rotatable bonds is 4. The number of carbonyl (C=O) groups is 2. The van der Waals surface area contributed by atoms with E-state index in [0.717, 1.165) is 12.5 Å². The van der Waals surface area contributed by atoms with Gasteiger partial charge < -0.3 is 14.6 Å². The van der Waals surface area contributed by atoms with Crippen LogP contribution in [0.2, 0.25) is 0 Å². The molecule has 0 aliphatic heterocycles. The maximum Gasteiger partial charge on any atom is 0.448 e. The maximum absolute atomic E-state index is 11.8. The van der Waals surface area contributed by atoms with E-state index in [9.17, 15) is 35.9 Å². The van der Waals surface area contributed by atoms with Gasteiger partial charge in [0.15, 0.2) is 11.5 Å². The van der Waals surface area contributed by atoms with E-state index in [1.54, 1.807) is 0 Å². The van der Waals surface area contributed by atoms with Crippen molar-refractivity contribution in [3.05, 3.63) is 77.9 Å². The summed E-state index contributed by atoms with van der Waals surface area (Å²) in [5.74, 6) is -6.11. The van der Waals surface area contributed by atoms with Gasteiger partial charge in [-0.3, -0.25) is 14.6 Å². The van der Waals surface area contributed by atoms with Gasteiger partial charge in [-0.05, 0) is 24.3 Å². The van der Waals surface area contributed by atoms with Crippen LogP contribution in [0.4, 0.5) is 26.3 Å². The van der Waals surface area contributed by atoms with Crippen LogP contribution in [0.5, 0.6) is 0 Å². The first-order valence-corrected chi connectivity index (χ1v) is 7.30. The van der Waals surface area contributed by atoms with Crippen LogP contribution in [-0.4, -0.2) is 39.1 Å². The Morgan fingerprint density at radius 3 is 1.77 bits per heavy atom. The van der Waals surface area contributed by atoms with Crippen molar-refractivity contribution in [1.82, 2.24) is 4.98 Å². The molecule has 2 rings (SSSR count). The van der Waals surface area contributed by atoms with E-state index in [1.807, 2.05) is 0 Å². The summed E-state index contributed by atoms with van der Waals surface area (Å²) in [5.41, 5.74) is -0.0201. The minimum absolute atomic E-state index is 0. The van der Waals surface area contributed by atoms with Gasteiger partial charge in [0.25, 0.3) is 0 Å². The summed E-state index contributed by atoms with van der Waals surface area (Å²) in [6.07, 6.45) is -5.99. The summed E-state index contributed by atoms with van der Waals surface area (Å²) in [6, 6.07) is 5.26. The number of furan rings is 1. The van der Waals surface area contributed by atoms with Crippen LogP contribution in [0.1, 0.15) is 20.9 Å². The number of ketones is 2. The molecule has 14 heteroatoms. The molecule has 2 N–H and O–H groups in total. The zero-order chi connectivity index (χ0) is 22.2. The smallest absolute Gasteiger partial charge is 0.448 e. The van der Waals surface area contributed by atoms with Crippen LogP contribution in [-0.2, 0) is 0 Å². The third kappa shape index (κ3) is 12.4. The molecule has 0 unspecified atom stereocenters. The SMILES string of the molecule is O=C(C=C(O)C(F)(F)F)c1cccnc1.O=C(C=C(O)C(F)(F)F)c1ccco1.[Eu].[Eu]. The molecule has 0 saturated carbocycles. The standard InChI is InChI=1S/C9H6F3NO2.C8H5F3O3.2Eu/c10-9(11,12)8(15)4-7(14)6-2-1-3-13-5-6;9-8(10,11)7(13)4-5(12)6-2-1-3-14-6;;/h1-5,15H;1-4,13H;;. The second kappa shape index (κ2) is 14.7. The Morgan fingerprint density at radius 2 is 1.39 bits per heavy atom. The van der Waals surface area contributed by atoms with Crippen LogP contribution in [0, 0.1) is 98.8 Å². The Morgan fingerprint density at radius 1 is 0.871 bits per heavy atom. The summed E-state index contributed by atoms with van der Waals surface area (Å²) in [5, 5.41) is 16.9. The minimum atomic E-state index is -4.91. The number of alkyl halides is 6. The van der Waals surface area contributed by atoms with Crippen molar-refractivity contribution < 1.29 is 149 Å². The van der Waals surface area contributed by atoms with Crippen molar-refractivity contribution in [2.24, 2.45) is 0 Å². The fourth-order valence-corrected chi connectivity index (χ4v) is 1.49. The number of nitrogens with zero attached hydrogens (tertiary/aromatic N) is 1. The van der Waals surface area contributed by atoms with Crippen LogP contribution >= 0.6 is 0 Å². The summed E-state index contributed by atoms with van der Waals surface area (Å²) in [6.45, 7) is 0. The summed E-state index contributed by atoms with van der Waals surface area (Å²) in [7, 11) is 0. The Labute approximate surface area is 252 Å². The number of aliphatic hydroxyl groups excluding tert-OH is 2. The molecule has 2 aromatic heterocycles. The first-order chi connectivity index (χ1) is 13.3. The Hall–Kier alpha value is -0.401. The van der Waals surface area contributed by atoms with Crippen molar-refractivity contribution in [2.45, 2.75) is 12.4 Å². The fourth-order valence-electron chi connectivity index (χ4n) is 1.49. The van der Waals surface area contributed by atoms with Gasteiger partial charge in [-0.15, -0.1) is 0 Å². The molecule has 0 spiro atoms. The minimum Gasteiger partial charge on any atom is -0.504 e. The van der Waals surface area contributed by atoms with E-state index in [4.69, 9.17) is 10.2 Å². The largest absolute Gasteiger partial charge is 0.504 e. The van der Waals surface area contributed by atoms with Gasteiger partial charge in [-0.2, -0.15) is 26.3 Å². The molecule has 170 valence electrons. The van der Waals surface area contributed by atoms with Crippen LogP contribution in [0.15, 0.2) is 71.0 Å². The zero-order valence-electron chi connectivity index (χ0n) is 14.8. The van der Waals surface area contributed by atoms with E-state index >= 15 is 0 Å². The molecule has 0 fully saturated rings. The predicted octanol–water partition coefficient (Wildman–Crippen LogP) is 4.74. The Balaban J connectivity index is 0. The summed E-state index contributed by atoms with van der Waals surface area (Å²) in [4.78, 5) is 25.6. The number of carbonyl (C=O) groups excluding carboxylic acids is 2. The average Bonchev–Trinajstić information content (AvgIpc) is 3.16. The maximum atomic E-state index is 11.8. The van der Waals surface area contributed by atoms with Gasteiger partial charge in [0.05, 0.1) is 6.26 Å². The van der Waals surface area contributed by atoms with Gasteiger partial charge >= 0.3 is 12.4 Å². The number of halogens is 6. The van der Waals surface area contributed by atoms with E-state index in [1.165, 1.54) is 30.5 Å². The third-order valence-electron chi connectivity index (χ3n) is 2.83. The molecule has 0 amide bonds. The first kappa shape index (κ1) is 32.8. The molecule has 0 aliphatic rings. The fraction of sp³-hybridized carbons (Fsp3) is 0.118. The third-order valence-corrected chi connectivity index (χ3v) is 2.83. The molecular formula is C17H11Eu2F6NO5. The molecule has 31 heavy (non-hydrogen) atoms. The van der Waals surface area contributed by atoms with Crippen LogP contribution < -0.4 is 0 Å². The molecule has 0 saturated heterocycles. The topological polar surface area (TPSA) is 101 Å². The first-order valence-electron chi connectivity index (χ1n) is 7.30. The number of allylic oxidation sites excluding steroid dienone is 4. The van der Waals surface area contributed by atoms with Crippen LogP contribution in [0.25, 0.3) is 0 Å². The number of aromatic nitrogens is 1. The van der Waals surface area contributed by atoms with E-state index in [2.05, 4.69) is 9.40 Å². The van der Waals surface area contributed by atoms with E-state index in [-0.39, 0.29) is 122 Å². The van der Waals surface area contributed by atoms with Gasteiger partial charge in [0, 0.05) is 129 Å². The molecule has 0 aliphatic carbocycles. The van der Waals surface area contributed by atoms with Crippen molar-refractivity contribution >= 4 is 11.6 Å². The van der Waals surface area contributed by atoms with Gasteiger partial charge in [-0.25, -0.2) is 0 Å². The Bertz CT molecular complexity index is 894. The van der Waals surface area contributed by atoms with E-state index < -0.39 is 35.4 Å². The van der Waals surface area contributed by atoms with Crippen molar-refractivity contribution in [3.8, 4) is 0 Å². The molecule has 0 aromatic carbocycles. The monoisotopic (exact) mass is 729 g/mol. The number of aliphatic hydroxyl groups is 2. The number of hydrogen-bond acceptors (Lipinski definition) is 6. The molecule has 2 heterocycles. The average molecular weight is 727 g/mol. The second-order valence-electron chi connectivity index (χ2n) is 5.00. The number of pyridine rings is 1.